The minimum Gasteiger partial charge on any atom is -0.496 e. The second-order valence-corrected chi connectivity index (χ2v) is 9.00. The predicted molar refractivity (Wildman–Crippen MR) is 114 cm³/mol. The van der Waals surface area contributed by atoms with Crippen molar-refractivity contribution in [1.29, 1.82) is 0 Å². The van der Waals surface area contributed by atoms with Crippen LogP contribution in [0, 0.1) is 0 Å². The number of nitrogens with one attached hydrogen (secondary N) is 1. The van der Waals surface area contributed by atoms with Gasteiger partial charge in [-0.3, -0.25) is 4.79 Å². The maximum absolute atomic E-state index is 12.3. The van der Waals surface area contributed by atoms with Gasteiger partial charge in [0.15, 0.2) is 6.10 Å². The Kier molecular flexibility index (Phi) is 7.28. The highest BCUT2D eigenvalue weighted by molar-refractivity contribution is 8.19. The molecule has 1 saturated heterocycles. The summed E-state index contributed by atoms with van der Waals surface area (Å²) in [5.74, 6) is 2.15. The average Bonchev–Trinajstić information content (AvgIpc) is 3.27. The number of thioether (sulfide) groups is 2. The van der Waals surface area contributed by atoms with Gasteiger partial charge in [0.1, 0.15) is 5.75 Å². The number of methoxy groups -OCH3 is 1. The quantitative estimate of drug-likeness (QED) is 0.686. The summed E-state index contributed by atoms with van der Waals surface area (Å²) < 4.78 is 11.0. The normalized spacial score (nSPS) is 15.1. The number of carbonyl (C=O) groups is 2. The Morgan fingerprint density at radius 3 is 2.46 bits per heavy atom. The number of hydrogen-bond acceptors (Lipinski definition) is 6. The molecule has 1 heterocycles. The molecular formula is C21H23NO4S2. The van der Waals surface area contributed by atoms with Crippen molar-refractivity contribution in [2.24, 2.45) is 0 Å². The lowest BCUT2D eigenvalue weighted by atomic mass is 10.1. The Hall–Kier alpha value is -2.12. The Morgan fingerprint density at radius 2 is 1.79 bits per heavy atom. The second kappa shape index (κ2) is 9.89. The lowest BCUT2D eigenvalue weighted by molar-refractivity contribution is -0.129. The molecule has 0 saturated carbocycles. The monoisotopic (exact) mass is 417 g/mol. The van der Waals surface area contributed by atoms with Crippen molar-refractivity contribution in [2.45, 2.75) is 24.2 Å². The molecule has 0 bridgehead atoms. The van der Waals surface area contributed by atoms with Crippen LogP contribution in [0.5, 0.6) is 5.75 Å². The molecule has 148 valence electrons. The van der Waals surface area contributed by atoms with Crippen molar-refractivity contribution in [2.75, 3.05) is 18.6 Å². The summed E-state index contributed by atoms with van der Waals surface area (Å²) in [5, 5.41) is 2.77. The van der Waals surface area contributed by atoms with Gasteiger partial charge in [-0.25, -0.2) is 4.79 Å². The zero-order valence-corrected chi connectivity index (χ0v) is 17.5. The summed E-state index contributed by atoms with van der Waals surface area (Å²) in [6.45, 7) is 1.87. The first-order chi connectivity index (χ1) is 13.6. The van der Waals surface area contributed by atoms with E-state index in [2.05, 4.69) is 5.32 Å². The van der Waals surface area contributed by atoms with E-state index in [0.717, 1.165) is 17.1 Å². The number of ether oxygens (including phenoxy) is 2. The highest BCUT2D eigenvalue weighted by Gasteiger charge is 2.21. The molecular weight excluding hydrogens is 394 g/mol. The van der Waals surface area contributed by atoms with Crippen LogP contribution in [0.15, 0.2) is 48.5 Å². The molecule has 1 atom stereocenters. The molecule has 0 spiro atoms. The van der Waals surface area contributed by atoms with E-state index in [4.69, 9.17) is 9.47 Å². The zero-order chi connectivity index (χ0) is 19.9. The molecule has 3 rings (SSSR count). The van der Waals surface area contributed by atoms with E-state index in [1.807, 2.05) is 59.9 Å². The smallest absolute Gasteiger partial charge is 0.338 e. The first-order valence-electron chi connectivity index (χ1n) is 9.02. The van der Waals surface area contributed by atoms with Gasteiger partial charge in [-0.05, 0) is 30.7 Å². The van der Waals surface area contributed by atoms with Crippen LogP contribution in [0.1, 0.15) is 33.0 Å². The Bertz CT molecular complexity index is 819. The van der Waals surface area contributed by atoms with Crippen LogP contribution >= 0.6 is 23.5 Å². The Morgan fingerprint density at radius 1 is 1.11 bits per heavy atom. The van der Waals surface area contributed by atoms with E-state index in [1.54, 1.807) is 26.2 Å². The molecule has 0 aliphatic carbocycles. The number of hydrogen-bond donors (Lipinski definition) is 1. The number of carbonyl (C=O) groups excluding carboxylic acids is 2. The number of amides is 1. The summed E-state index contributed by atoms with van der Waals surface area (Å²) in [5.41, 5.74) is 2.50. The SMILES string of the molecule is COc1ccccc1CNC(=O)[C@H](C)OC(=O)c1ccc(C2SCCS2)cc1. The molecule has 7 heteroatoms. The van der Waals surface area contributed by atoms with Crippen molar-refractivity contribution < 1.29 is 19.1 Å². The van der Waals surface area contributed by atoms with E-state index in [-0.39, 0.29) is 5.91 Å². The molecule has 1 fully saturated rings. The molecule has 2 aromatic rings. The molecule has 1 aliphatic rings. The van der Waals surface area contributed by atoms with Crippen molar-refractivity contribution in [3.8, 4) is 5.75 Å². The van der Waals surface area contributed by atoms with Crippen LogP contribution in [0.2, 0.25) is 0 Å². The molecule has 5 nitrogen and oxygen atoms in total. The molecule has 1 aliphatic heterocycles. The maximum atomic E-state index is 12.3. The van der Waals surface area contributed by atoms with Gasteiger partial charge in [-0.1, -0.05) is 30.3 Å². The van der Waals surface area contributed by atoms with E-state index >= 15 is 0 Å². The molecule has 0 unspecified atom stereocenters. The molecule has 1 amide bonds. The minimum absolute atomic E-state index is 0.302. The lowest BCUT2D eigenvalue weighted by Crippen LogP contribution is -2.35. The zero-order valence-electron chi connectivity index (χ0n) is 15.8. The van der Waals surface area contributed by atoms with Crippen LogP contribution in [0.3, 0.4) is 0 Å². The lowest BCUT2D eigenvalue weighted by Gasteiger charge is -2.15. The fourth-order valence-electron chi connectivity index (χ4n) is 2.78. The number of benzene rings is 2. The summed E-state index contributed by atoms with van der Waals surface area (Å²) in [7, 11) is 1.58. The summed E-state index contributed by atoms with van der Waals surface area (Å²) in [4.78, 5) is 24.6. The van der Waals surface area contributed by atoms with Gasteiger partial charge < -0.3 is 14.8 Å². The molecule has 28 heavy (non-hydrogen) atoms. The molecule has 0 radical (unpaired) electrons. The fourth-order valence-corrected chi connectivity index (χ4v) is 5.64. The third-order valence-electron chi connectivity index (χ3n) is 4.34. The van der Waals surface area contributed by atoms with E-state index in [9.17, 15) is 9.59 Å². The van der Waals surface area contributed by atoms with Crippen molar-refractivity contribution in [1.82, 2.24) is 5.32 Å². The minimum atomic E-state index is -0.886. The Balaban J connectivity index is 1.52. The van der Waals surface area contributed by atoms with Crippen LogP contribution in [0.25, 0.3) is 0 Å². The second-order valence-electron chi connectivity index (χ2n) is 6.27. The number of para-hydroxylation sites is 1. The number of esters is 1. The molecule has 0 aromatic heterocycles. The number of rotatable bonds is 7. The molecule has 2 aromatic carbocycles. The van der Waals surface area contributed by atoms with Crippen LogP contribution in [-0.2, 0) is 16.1 Å². The third kappa shape index (κ3) is 5.23. The van der Waals surface area contributed by atoms with Gasteiger partial charge in [-0.2, -0.15) is 0 Å². The van der Waals surface area contributed by atoms with Crippen molar-refractivity contribution >= 4 is 35.4 Å². The highest BCUT2D eigenvalue weighted by Crippen LogP contribution is 2.45. The predicted octanol–water partition coefficient (Wildman–Crippen LogP) is 4.04. The van der Waals surface area contributed by atoms with Gasteiger partial charge in [0, 0.05) is 23.6 Å². The first kappa shape index (κ1) is 20.6. The van der Waals surface area contributed by atoms with Crippen molar-refractivity contribution in [3.63, 3.8) is 0 Å². The average molecular weight is 418 g/mol. The maximum Gasteiger partial charge on any atom is 0.338 e. The summed E-state index contributed by atoms with van der Waals surface area (Å²) >= 11 is 3.83. The fraction of sp³-hybridized carbons (Fsp3) is 0.333. The summed E-state index contributed by atoms with van der Waals surface area (Å²) in [6, 6.07) is 14.9. The van der Waals surface area contributed by atoms with E-state index in [1.165, 1.54) is 5.56 Å². The van der Waals surface area contributed by atoms with Gasteiger partial charge in [0.05, 0.1) is 17.3 Å². The van der Waals surface area contributed by atoms with Gasteiger partial charge in [0.25, 0.3) is 5.91 Å². The van der Waals surface area contributed by atoms with Crippen LogP contribution in [-0.4, -0.2) is 36.6 Å². The largest absolute Gasteiger partial charge is 0.496 e. The first-order valence-corrected chi connectivity index (χ1v) is 11.1. The van der Waals surface area contributed by atoms with E-state index < -0.39 is 12.1 Å². The van der Waals surface area contributed by atoms with Gasteiger partial charge >= 0.3 is 5.97 Å². The Labute approximate surface area is 173 Å². The van der Waals surface area contributed by atoms with Crippen LogP contribution < -0.4 is 10.1 Å². The summed E-state index contributed by atoms with van der Waals surface area (Å²) in [6.07, 6.45) is -0.886. The molecule has 1 N–H and O–H groups in total. The highest BCUT2D eigenvalue weighted by atomic mass is 32.2. The van der Waals surface area contributed by atoms with E-state index in [0.29, 0.717) is 22.4 Å². The van der Waals surface area contributed by atoms with Crippen LogP contribution in [0.4, 0.5) is 0 Å². The standard InChI is InChI=1S/C21H23NO4S2/c1-14(19(23)22-13-17-5-3-4-6-18(17)25-2)26-20(24)15-7-9-16(10-8-15)21-27-11-12-28-21/h3-10,14,21H,11-13H2,1-2H3,(H,22,23)/t14-/m0/s1. The topological polar surface area (TPSA) is 64.6 Å². The van der Waals surface area contributed by atoms with Gasteiger partial charge in [-0.15, -0.1) is 23.5 Å². The third-order valence-corrected chi connectivity index (χ3v) is 7.44. The van der Waals surface area contributed by atoms with Crippen molar-refractivity contribution in [3.05, 3.63) is 65.2 Å². The van der Waals surface area contributed by atoms with Gasteiger partial charge in [0.2, 0.25) is 0 Å².